The predicted molar refractivity (Wildman–Crippen MR) is 71.4 cm³/mol. The highest BCUT2D eigenvalue weighted by molar-refractivity contribution is 7.89. The van der Waals surface area contributed by atoms with Crippen LogP contribution in [0.4, 0.5) is 0 Å². The fourth-order valence-corrected chi connectivity index (χ4v) is 2.41. The summed E-state index contributed by atoms with van der Waals surface area (Å²) in [4.78, 5) is 0. The molecule has 1 unspecified atom stereocenters. The van der Waals surface area contributed by atoms with Crippen LogP contribution in [0.2, 0.25) is 0 Å². The summed E-state index contributed by atoms with van der Waals surface area (Å²) in [5.41, 5.74) is 5.58. The van der Waals surface area contributed by atoms with Gasteiger partial charge in [0.1, 0.15) is 0 Å². The number of rotatable bonds is 6. The van der Waals surface area contributed by atoms with Gasteiger partial charge in [-0.15, -0.1) is 12.4 Å². The third-order valence-electron chi connectivity index (χ3n) is 2.04. The van der Waals surface area contributed by atoms with E-state index in [1.807, 2.05) is 27.7 Å². The Morgan fingerprint density at radius 1 is 1.31 bits per heavy atom. The van der Waals surface area contributed by atoms with Crippen molar-refractivity contribution in [2.45, 2.75) is 46.6 Å². The summed E-state index contributed by atoms with van der Waals surface area (Å²) in [5, 5.41) is 0. The maximum absolute atomic E-state index is 11.5. The second kappa shape index (κ2) is 7.48. The van der Waals surface area contributed by atoms with Crippen LogP contribution in [0, 0.1) is 5.41 Å². The molecule has 0 rings (SSSR count). The number of hydrogen-bond donors (Lipinski definition) is 2. The van der Waals surface area contributed by atoms with Crippen LogP contribution >= 0.6 is 12.4 Å². The molecule has 0 radical (unpaired) electrons. The standard InChI is InChI=1S/C10H24N2O2S.ClH/c1-9(11)5-7-12-15(13,14)8-6-10(2,3)4;/h9,12H,5-8,11H2,1-4H3;1H. The lowest BCUT2D eigenvalue weighted by Gasteiger charge is -2.18. The third-order valence-corrected chi connectivity index (χ3v) is 3.43. The molecule has 6 heteroatoms. The molecule has 0 aromatic rings. The van der Waals surface area contributed by atoms with Gasteiger partial charge >= 0.3 is 0 Å². The molecule has 0 aromatic heterocycles. The van der Waals surface area contributed by atoms with Crippen molar-refractivity contribution in [3.8, 4) is 0 Å². The van der Waals surface area contributed by atoms with E-state index in [1.54, 1.807) is 0 Å². The summed E-state index contributed by atoms with van der Waals surface area (Å²) in [6, 6.07) is 0.0373. The highest BCUT2D eigenvalue weighted by Crippen LogP contribution is 2.18. The van der Waals surface area contributed by atoms with Gasteiger partial charge in [0, 0.05) is 12.6 Å². The molecule has 4 nitrogen and oxygen atoms in total. The molecule has 0 saturated carbocycles. The lowest BCUT2D eigenvalue weighted by atomic mass is 9.94. The minimum absolute atomic E-state index is 0. The van der Waals surface area contributed by atoms with E-state index < -0.39 is 10.0 Å². The second-order valence-electron chi connectivity index (χ2n) is 5.29. The highest BCUT2D eigenvalue weighted by Gasteiger charge is 2.16. The lowest BCUT2D eigenvalue weighted by Crippen LogP contribution is -2.31. The molecule has 100 valence electrons. The van der Waals surface area contributed by atoms with Gasteiger partial charge in [-0.1, -0.05) is 20.8 Å². The van der Waals surface area contributed by atoms with E-state index in [1.165, 1.54) is 0 Å². The van der Waals surface area contributed by atoms with E-state index in [0.717, 1.165) is 0 Å². The molecule has 0 aliphatic rings. The quantitative estimate of drug-likeness (QED) is 0.770. The van der Waals surface area contributed by atoms with Crippen LogP contribution in [-0.4, -0.2) is 26.8 Å². The van der Waals surface area contributed by atoms with E-state index >= 15 is 0 Å². The summed E-state index contributed by atoms with van der Waals surface area (Å²) in [7, 11) is -3.12. The van der Waals surface area contributed by atoms with E-state index in [4.69, 9.17) is 5.73 Å². The maximum Gasteiger partial charge on any atom is 0.211 e. The Kier molecular flexibility index (Phi) is 8.66. The number of halogens is 1. The van der Waals surface area contributed by atoms with E-state index in [-0.39, 0.29) is 29.6 Å². The molecule has 0 aromatic carbocycles. The zero-order valence-electron chi connectivity index (χ0n) is 10.6. The molecule has 3 N–H and O–H groups in total. The molecule has 1 atom stereocenters. The van der Waals surface area contributed by atoms with Gasteiger partial charge in [0.2, 0.25) is 10.0 Å². The molecule has 0 fully saturated rings. The van der Waals surface area contributed by atoms with Crippen molar-refractivity contribution >= 4 is 22.4 Å². The molecule has 0 bridgehead atoms. The first-order chi connectivity index (χ1) is 6.62. The van der Waals surface area contributed by atoms with Gasteiger partial charge in [0.15, 0.2) is 0 Å². The number of nitrogens with one attached hydrogen (secondary N) is 1. The first-order valence-electron chi connectivity index (χ1n) is 5.35. The van der Waals surface area contributed by atoms with Crippen LogP contribution in [0.1, 0.15) is 40.5 Å². The number of nitrogens with two attached hydrogens (primary N) is 1. The van der Waals surface area contributed by atoms with Crippen molar-refractivity contribution in [3.63, 3.8) is 0 Å². The van der Waals surface area contributed by atoms with Crippen molar-refractivity contribution in [3.05, 3.63) is 0 Å². The molecule has 0 aliphatic carbocycles. The van der Waals surface area contributed by atoms with Gasteiger partial charge in [-0.05, 0) is 25.2 Å². The Morgan fingerprint density at radius 3 is 2.19 bits per heavy atom. The summed E-state index contributed by atoms with van der Waals surface area (Å²) in [6.45, 7) is 8.40. The molecular weight excluding hydrogens is 248 g/mol. The Labute approximate surface area is 106 Å². The maximum atomic E-state index is 11.5. The lowest BCUT2D eigenvalue weighted by molar-refractivity contribution is 0.396. The smallest absolute Gasteiger partial charge is 0.211 e. The minimum Gasteiger partial charge on any atom is -0.328 e. The monoisotopic (exact) mass is 272 g/mol. The topological polar surface area (TPSA) is 72.2 Å². The largest absolute Gasteiger partial charge is 0.328 e. The fraction of sp³-hybridized carbons (Fsp3) is 1.00. The summed E-state index contributed by atoms with van der Waals surface area (Å²) >= 11 is 0. The van der Waals surface area contributed by atoms with Crippen LogP contribution in [0.5, 0.6) is 0 Å². The SMILES string of the molecule is CC(N)CCNS(=O)(=O)CCC(C)(C)C.Cl. The zero-order valence-corrected chi connectivity index (χ0v) is 12.2. The van der Waals surface area contributed by atoms with Crippen LogP contribution < -0.4 is 10.5 Å². The Bertz CT molecular complexity index is 271. The average Bonchev–Trinajstić information content (AvgIpc) is 1.99. The van der Waals surface area contributed by atoms with Crippen LogP contribution in [-0.2, 0) is 10.0 Å². The summed E-state index contributed by atoms with van der Waals surface area (Å²) in [6.07, 6.45) is 1.34. The first-order valence-corrected chi connectivity index (χ1v) is 7.00. The van der Waals surface area contributed by atoms with Crippen molar-refractivity contribution in [1.29, 1.82) is 0 Å². The molecule has 16 heavy (non-hydrogen) atoms. The number of hydrogen-bond acceptors (Lipinski definition) is 3. The fourth-order valence-electron chi connectivity index (χ4n) is 0.955. The van der Waals surface area contributed by atoms with E-state index in [0.29, 0.717) is 19.4 Å². The average molecular weight is 273 g/mol. The van der Waals surface area contributed by atoms with Crippen LogP contribution in [0.3, 0.4) is 0 Å². The highest BCUT2D eigenvalue weighted by atomic mass is 35.5. The van der Waals surface area contributed by atoms with Crippen LogP contribution in [0.15, 0.2) is 0 Å². The Morgan fingerprint density at radius 2 is 1.81 bits per heavy atom. The van der Waals surface area contributed by atoms with Gasteiger partial charge in [-0.25, -0.2) is 13.1 Å². The zero-order chi connectivity index (χ0) is 12.1. The number of sulfonamides is 1. The minimum atomic E-state index is -3.12. The van der Waals surface area contributed by atoms with Crippen LogP contribution in [0.25, 0.3) is 0 Å². The van der Waals surface area contributed by atoms with E-state index in [9.17, 15) is 8.42 Å². The van der Waals surface area contributed by atoms with Crippen molar-refractivity contribution in [2.75, 3.05) is 12.3 Å². The van der Waals surface area contributed by atoms with Gasteiger partial charge in [-0.3, -0.25) is 0 Å². The Balaban J connectivity index is 0. The molecular formula is C10H25ClN2O2S. The van der Waals surface area contributed by atoms with Crippen molar-refractivity contribution < 1.29 is 8.42 Å². The summed E-state index contributed by atoms with van der Waals surface area (Å²) < 4.78 is 25.6. The van der Waals surface area contributed by atoms with Gasteiger partial charge < -0.3 is 5.73 Å². The molecule has 0 aliphatic heterocycles. The summed E-state index contributed by atoms with van der Waals surface area (Å²) in [5.74, 6) is 0.190. The predicted octanol–water partition coefficient (Wildman–Crippen LogP) is 1.50. The first kappa shape index (κ1) is 18.5. The normalized spacial score (nSPS) is 14.3. The third kappa shape index (κ3) is 12.2. The van der Waals surface area contributed by atoms with Gasteiger partial charge in [-0.2, -0.15) is 0 Å². The molecule has 0 heterocycles. The Hall–Kier alpha value is 0.160. The molecule has 0 spiro atoms. The van der Waals surface area contributed by atoms with Gasteiger partial charge in [0.25, 0.3) is 0 Å². The van der Waals surface area contributed by atoms with E-state index in [2.05, 4.69) is 4.72 Å². The molecule has 0 amide bonds. The van der Waals surface area contributed by atoms with Crippen molar-refractivity contribution in [2.24, 2.45) is 11.1 Å². The second-order valence-corrected chi connectivity index (χ2v) is 7.22. The molecule has 0 saturated heterocycles. The van der Waals surface area contributed by atoms with Gasteiger partial charge in [0.05, 0.1) is 5.75 Å². The van der Waals surface area contributed by atoms with Crippen molar-refractivity contribution in [1.82, 2.24) is 4.72 Å².